The normalized spacial score (nSPS) is 10.2. The van der Waals surface area contributed by atoms with Crippen LogP contribution in [0.2, 0.25) is 0 Å². The molecule has 0 amide bonds. The lowest BCUT2D eigenvalue weighted by molar-refractivity contribution is 0.0697. The molecule has 0 atom stereocenters. The van der Waals surface area contributed by atoms with Crippen LogP contribution in [-0.2, 0) is 0 Å². The summed E-state index contributed by atoms with van der Waals surface area (Å²) in [5, 5.41) is 17.9. The van der Waals surface area contributed by atoms with Crippen molar-refractivity contribution in [1.29, 1.82) is 0 Å². The highest BCUT2D eigenvalue weighted by Crippen LogP contribution is 2.20. The number of hydrogen-bond acceptors (Lipinski definition) is 3. The van der Waals surface area contributed by atoms with Gasteiger partial charge in [0.2, 0.25) is 0 Å². The molecule has 1 aromatic rings. The van der Waals surface area contributed by atoms with Crippen LogP contribution < -0.4 is 4.90 Å². The molecule has 0 aliphatic heterocycles. The van der Waals surface area contributed by atoms with E-state index in [2.05, 4.69) is 0 Å². The predicted octanol–water partition coefficient (Wildman–Crippen LogP) is 1.98. The van der Waals surface area contributed by atoms with Crippen molar-refractivity contribution in [3.8, 4) is 0 Å². The van der Waals surface area contributed by atoms with E-state index >= 15 is 0 Å². The van der Waals surface area contributed by atoms with Gasteiger partial charge in [-0.1, -0.05) is 12.1 Å². The van der Waals surface area contributed by atoms with Gasteiger partial charge in [-0.15, -0.1) is 0 Å². The lowest BCUT2D eigenvalue weighted by Gasteiger charge is -2.24. The summed E-state index contributed by atoms with van der Waals surface area (Å²) in [7, 11) is 0. The molecule has 0 saturated heterocycles. The highest BCUT2D eigenvalue weighted by atomic mass is 16.4. The molecule has 0 unspecified atom stereocenters. The Labute approximate surface area is 101 Å². The van der Waals surface area contributed by atoms with Crippen molar-refractivity contribution in [1.82, 2.24) is 0 Å². The van der Waals surface area contributed by atoms with Crippen molar-refractivity contribution in [3.63, 3.8) is 0 Å². The zero-order chi connectivity index (χ0) is 12.7. The topological polar surface area (TPSA) is 60.8 Å². The Morgan fingerprint density at radius 2 is 2.00 bits per heavy atom. The highest BCUT2D eigenvalue weighted by Gasteiger charge is 2.13. The summed E-state index contributed by atoms with van der Waals surface area (Å²) >= 11 is 0. The number of carboxylic acids is 1. The van der Waals surface area contributed by atoms with E-state index in [0.717, 1.165) is 31.6 Å². The van der Waals surface area contributed by atoms with Crippen LogP contribution in [0, 0.1) is 0 Å². The number of hydrogen-bond donors (Lipinski definition) is 2. The second kappa shape index (κ2) is 6.91. The average Bonchev–Trinajstić information content (AvgIpc) is 2.35. The molecule has 0 fully saturated rings. The van der Waals surface area contributed by atoms with Crippen molar-refractivity contribution in [3.05, 3.63) is 29.8 Å². The number of unbranched alkanes of at least 4 members (excludes halogenated alkanes) is 1. The van der Waals surface area contributed by atoms with Gasteiger partial charge in [0.1, 0.15) is 0 Å². The summed E-state index contributed by atoms with van der Waals surface area (Å²) in [4.78, 5) is 13.1. The monoisotopic (exact) mass is 237 g/mol. The zero-order valence-corrected chi connectivity index (χ0v) is 10.1. The van der Waals surface area contributed by atoms with Crippen LogP contribution in [0.25, 0.3) is 0 Å². The molecule has 4 heteroatoms. The maximum atomic E-state index is 11.1. The number of aliphatic hydroxyl groups excluding tert-OH is 1. The van der Waals surface area contributed by atoms with Gasteiger partial charge in [-0.3, -0.25) is 0 Å². The fourth-order valence-corrected chi connectivity index (χ4v) is 1.79. The van der Waals surface area contributed by atoms with E-state index < -0.39 is 5.97 Å². The van der Waals surface area contributed by atoms with Crippen LogP contribution >= 0.6 is 0 Å². The van der Waals surface area contributed by atoms with Gasteiger partial charge in [0.05, 0.1) is 11.3 Å². The van der Waals surface area contributed by atoms with Crippen molar-refractivity contribution in [2.75, 3.05) is 24.6 Å². The lowest BCUT2D eigenvalue weighted by Crippen LogP contribution is -2.26. The molecule has 1 rings (SSSR count). The first-order valence-corrected chi connectivity index (χ1v) is 5.88. The molecule has 17 heavy (non-hydrogen) atoms. The van der Waals surface area contributed by atoms with Crippen LogP contribution in [0.3, 0.4) is 0 Å². The summed E-state index contributed by atoms with van der Waals surface area (Å²) < 4.78 is 0. The largest absolute Gasteiger partial charge is 0.478 e. The van der Waals surface area contributed by atoms with E-state index in [4.69, 9.17) is 10.2 Å². The number of anilines is 1. The Hall–Kier alpha value is -1.55. The predicted molar refractivity (Wildman–Crippen MR) is 67.6 cm³/mol. The number of nitrogens with zero attached hydrogens (tertiary/aromatic N) is 1. The Bertz CT molecular complexity index is 365. The summed E-state index contributed by atoms with van der Waals surface area (Å²) in [5.41, 5.74) is 1.08. The second-order valence-electron chi connectivity index (χ2n) is 3.83. The smallest absolute Gasteiger partial charge is 0.337 e. The van der Waals surface area contributed by atoms with Gasteiger partial charge < -0.3 is 15.1 Å². The molecular weight excluding hydrogens is 218 g/mol. The minimum absolute atomic E-state index is 0.179. The van der Waals surface area contributed by atoms with Gasteiger partial charge >= 0.3 is 5.97 Å². The summed E-state index contributed by atoms with van der Waals surface area (Å²) in [6, 6.07) is 7.02. The van der Waals surface area contributed by atoms with Gasteiger partial charge in [-0.25, -0.2) is 4.79 Å². The Balaban J connectivity index is 2.83. The average molecular weight is 237 g/mol. The van der Waals surface area contributed by atoms with Gasteiger partial charge in [0, 0.05) is 19.7 Å². The number of benzene rings is 1. The molecule has 2 N–H and O–H groups in total. The zero-order valence-electron chi connectivity index (χ0n) is 10.1. The van der Waals surface area contributed by atoms with E-state index in [9.17, 15) is 4.79 Å². The second-order valence-corrected chi connectivity index (χ2v) is 3.83. The van der Waals surface area contributed by atoms with Crippen molar-refractivity contribution < 1.29 is 15.0 Å². The fraction of sp³-hybridized carbons (Fsp3) is 0.462. The number of para-hydroxylation sites is 1. The summed E-state index contributed by atoms with van der Waals surface area (Å²) in [6.45, 7) is 3.70. The number of aliphatic hydroxyl groups is 1. The van der Waals surface area contributed by atoms with E-state index in [0.29, 0.717) is 5.56 Å². The molecule has 4 nitrogen and oxygen atoms in total. The molecule has 94 valence electrons. The third-order valence-corrected chi connectivity index (χ3v) is 2.69. The molecule has 0 radical (unpaired) electrons. The molecule has 0 bridgehead atoms. The Morgan fingerprint density at radius 3 is 2.59 bits per heavy atom. The maximum absolute atomic E-state index is 11.1. The Morgan fingerprint density at radius 1 is 1.29 bits per heavy atom. The molecule has 0 aromatic heterocycles. The van der Waals surface area contributed by atoms with Crippen molar-refractivity contribution in [2.24, 2.45) is 0 Å². The number of rotatable bonds is 7. The number of carbonyl (C=O) groups is 1. The first kappa shape index (κ1) is 13.5. The van der Waals surface area contributed by atoms with Gasteiger partial charge in [-0.05, 0) is 31.9 Å². The van der Waals surface area contributed by atoms with Crippen molar-refractivity contribution in [2.45, 2.75) is 19.8 Å². The first-order valence-electron chi connectivity index (χ1n) is 5.88. The minimum atomic E-state index is -0.902. The van der Waals surface area contributed by atoms with Gasteiger partial charge in [-0.2, -0.15) is 0 Å². The molecular formula is C13H19NO3. The molecule has 0 aliphatic rings. The van der Waals surface area contributed by atoms with Gasteiger partial charge in [0.25, 0.3) is 0 Å². The standard InChI is InChI=1S/C13H19NO3/c1-2-14(9-5-6-10-15)12-8-4-3-7-11(12)13(16)17/h3-4,7-8,15H,2,5-6,9-10H2,1H3,(H,16,17). The molecule has 0 spiro atoms. The van der Waals surface area contributed by atoms with E-state index in [1.807, 2.05) is 24.0 Å². The van der Waals surface area contributed by atoms with Crippen LogP contribution in [-0.4, -0.2) is 35.9 Å². The third-order valence-electron chi connectivity index (χ3n) is 2.69. The summed E-state index contributed by atoms with van der Waals surface area (Å²) in [5.74, 6) is -0.902. The van der Waals surface area contributed by atoms with Crippen LogP contribution in [0.15, 0.2) is 24.3 Å². The van der Waals surface area contributed by atoms with E-state index in [1.54, 1.807) is 12.1 Å². The maximum Gasteiger partial charge on any atom is 0.337 e. The third kappa shape index (κ3) is 3.75. The molecule has 0 aliphatic carbocycles. The first-order chi connectivity index (χ1) is 8.20. The molecule has 0 saturated carbocycles. The molecule has 1 aromatic carbocycles. The Kier molecular flexibility index (Phi) is 5.49. The van der Waals surface area contributed by atoms with Crippen LogP contribution in [0.5, 0.6) is 0 Å². The van der Waals surface area contributed by atoms with Crippen molar-refractivity contribution >= 4 is 11.7 Å². The number of carboxylic acid groups (broad SMARTS) is 1. The van der Waals surface area contributed by atoms with Crippen LogP contribution in [0.4, 0.5) is 5.69 Å². The van der Waals surface area contributed by atoms with E-state index in [-0.39, 0.29) is 6.61 Å². The molecule has 0 heterocycles. The number of aromatic carboxylic acids is 1. The summed E-state index contributed by atoms with van der Waals surface area (Å²) in [6.07, 6.45) is 1.60. The van der Waals surface area contributed by atoms with E-state index in [1.165, 1.54) is 0 Å². The minimum Gasteiger partial charge on any atom is -0.478 e. The SMILES string of the molecule is CCN(CCCCO)c1ccccc1C(=O)O. The van der Waals surface area contributed by atoms with Gasteiger partial charge in [0.15, 0.2) is 0 Å². The highest BCUT2D eigenvalue weighted by molar-refractivity contribution is 5.94. The quantitative estimate of drug-likeness (QED) is 0.712. The fourth-order valence-electron chi connectivity index (χ4n) is 1.79. The van der Waals surface area contributed by atoms with Crippen LogP contribution in [0.1, 0.15) is 30.1 Å². The lowest BCUT2D eigenvalue weighted by atomic mass is 10.1.